The number of ether oxygens (including phenoxy) is 4. The predicted octanol–water partition coefficient (Wildman–Crippen LogP) is 4.92. The van der Waals surface area contributed by atoms with Crippen LogP contribution in [0.1, 0.15) is 17.5 Å². The lowest BCUT2D eigenvalue weighted by Gasteiger charge is -2.13. The summed E-state index contributed by atoms with van der Waals surface area (Å²) in [7, 11) is 4.45. The van der Waals surface area contributed by atoms with E-state index in [0.29, 0.717) is 46.1 Å². The van der Waals surface area contributed by atoms with Crippen LogP contribution < -0.4 is 19.5 Å². The third-order valence-corrected chi connectivity index (χ3v) is 6.47. The molecule has 2 aromatic rings. The van der Waals surface area contributed by atoms with Gasteiger partial charge < -0.3 is 18.9 Å². The van der Waals surface area contributed by atoms with Gasteiger partial charge >= 0.3 is 5.97 Å². The third kappa shape index (κ3) is 6.50. The second-order valence-corrected chi connectivity index (χ2v) is 9.14. The number of carbonyl (C=O) groups excluding carboxylic acids is 3. The molecule has 0 saturated carbocycles. The maximum Gasteiger partial charge on any atom is 0.338 e. The minimum absolute atomic E-state index is 0.305. The molecule has 1 N–H and O–H groups in total. The topological polar surface area (TPSA) is 100 Å². The third-order valence-electron chi connectivity index (χ3n) is 5.55. The van der Waals surface area contributed by atoms with E-state index in [1.807, 2.05) is 12.2 Å². The van der Waals surface area contributed by atoms with Gasteiger partial charge in [0, 0.05) is 6.07 Å². The maximum absolute atomic E-state index is 12.7. The monoisotopic (exact) mass is 519 g/mol. The molecule has 1 saturated heterocycles. The molecule has 2 amide bonds. The minimum Gasteiger partial charge on any atom is -0.497 e. The van der Waals surface area contributed by atoms with Crippen LogP contribution in [0.5, 0.6) is 17.2 Å². The molecule has 37 heavy (non-hydrogen) atoms. The van der Waals surface area contributed by atoms with Gasteiger partial charge in [-0.2, -0.15) is 0 Å². The zero-order valence-corrected chi connectivity index (χ0v) is 21.3. The molecule has 2 aliphatic rings. The van der Waals surface area contributed by atoms with Gasteiger partial charge in [-0.25, -0.2) is 4.79 Å². The zero-order chi connectivity index (χ0) is 26.4. The largest absolute Gasteiger partial charge is 0.497 e. The minimum atomic E-state index is -0.521. The van der Waals surface area contributed by atoms with E-state index >= 15 is 0 Å². The molecule has 0 bridgehead atoms. The van der Waals surface area contributed by atoms with Crippen molar-refractivity contribution in [3.63, 3.8) is 0 Å². The van der Waals surface area contributed by atoms with Crippen molar-refractivity contribution in [3.8, 4) is 17.2 Å². The van der Waals surface area contributed by atoms with E-state index in [4.69, 9.17) is 18.9 Å². The standard InChI is InChI=1S/C28H25NO7S/c1-33-22-11-18(12-23(16-22)34-2)13-24(27(31)35-3)19-5-4-6-21(15-19)36-20-9-7-17(8-10-20)14-25-26(30)29-28(32)37-25/h4-7,9-16,25H,8H2,1-3H3,(H,29,30,32)/b17-14+,24-13-. The van der Waals surface area contributed by atoms with E-state index in [1.54, 1.807) is 74.9 Å². The number of thioether (sulfide) groups is 1. The molecule has 8 nitrogen and oxygen atoms in total. The number of hydrogen-bond acceptors (Lipinski definition) is 8. The molecule has 1 atom stereocenters. The SMILES string of the molecule is COC(=O)/C(=C\c1cc(OC)cc(OC)c1)c1cccc(OC2=CC/C(=C/C3SC(=O)NC3=O)C=C2)c1. The van der Waals surface area contributed by atoms with E-state index in [2.05, 4.69) is 5.32 Å². The van der Waals surface area contributed by atoms with Gasteiger partial charge in [0.15, 0.2) is 0 Å². The van der Waals surface area contributed by atoms with E-state index in [0.717, 1.165) is 17.3 Å². The fourth-order valence-electron chi connectivity index (χ4n) is 3.73. The number of methoxy groups -OCH3 is 3. The molecule has 0 spiro atoms. The Labute approximate surface area is 218 Å². The first-order valence-corrected chi connectivity index (χ1v) is 12.2. The predicted molar refractivity (Wildman–Crippen MR) is 141 cm³/mol. The summed E-state index contributed by atoms with van der Waals surface area (Å²) in [5.74, 6) is 1.54. The van der Waals surface area contributed by atoms with Crippen LogP contribution in [0.2, 0.25) is 0 Å². The van der Waals surface area contributed by atoms with Crippen LogP contribution in [0.25, 0.3) is 11.6 Å². The Morgan fingerprint density at radius 2 is 1.76 bits per heavy atom. The Kier molecular flexibility index (Phi) is 8.15. The van der Waals surface area contributed by atoms with Crippen molar-refractivity contribution in [1.82, 2.24) is 5.32 Å². The first-order valence-electron chi connectivity index (χ1n) is 11.3. The fourth-order valence-corrected chi connectivity index (χ4v) is 4.53. The van der Waals surface area contributed by atoms with Crippen molar-refractivity contribution in [1.29, 1.82) is 0 Å². The van der Waals surface area contributed by atoms with Crippen molar-refractivity contribution in [2.75, 3.05) is 21.3 Å². The smallest absolute Gasteiger partial charge is 0.338 e. The molecular weight excluding hydrogens is 494 g/mol. The van der Waals surface area contributed by atoms with Crippen molar-refractivity contribution >= 4 is 40.5 Å². The van der Waals surface area contributed by atoms with Gasteiger partial charge in [0.05, 0.1) is 26.9 Å². The molecule has 4 rings (SSSR count). The molecule has 1 unspecified atom stereocenters. The highest BCUT2D eigenvalue weighted by molar-refractivity contribution is 8.15. The molecule has 190 valence electrons. The van der Waals surface area contributed by atoms with Crippen LogP contribution in [-0.4, -0.2) is 43.7 Å². The lowest BCUT2D eigenvalue weighted by molar-refractivity contribution is -0.133. The summed E-state index contributed by atoms with van der Waals surface area (Å²) in [5.41, 5.74) is 2.56. The number of carbonyl (C=O) groups is 3. The van der Waals surface area contributed by atoms with Gasteiger partial charge in [-0.15, -0.1) is 0 Å². The summed E-state index contributed by atoms with van der Waals surface area (Å²) >= 11 is 0.965. The van der Waals surface area contributed by atoms with E-state index in [1.165, 1.54) is 7.11 Å². The second-order valence-electron chi connectivity index (χ2n) is 8.03. The number of amides is 2. The van der Waals surface area contributed by atoms with Crippen LogP contribution in [-0.2, 0) is 14.3 Å². The number of hydrogen-bond donors (Lipinski definition) is 1. The van der Waals surface area contributed by atoms with Crippen molar-refractivity contribution in [2.24, 2.45) is 0 Å². The fraction of sp³-hybridized carbons (Fsp3) is 0.179. The lowest BCUT2D eigenvalue weighted by Crippen LogP contribution is -2.23. The van der Waals surface area contributed by atoms with Crippen LogP contribution in [0.15, 0.2) is 78.1 Å². The zero-order valence-electron chi connectivity index (χ0n) is 20.5. The molecule has 9 heteroatoms. The Morgan fingerprint density at radius 3 is 2.35 bits per heavy atom. The molecule has 1 aliphatic heterocycles. The second kappa shape index (κ2) is 11.7. The number of esters is 1. The normalized spacial score (nSPS) is 18.4. The number of allylic oxidation sites excluding steroid dienone is 4. The summed E-state index contributed by atoms with van der Waals surface area (Å²) in [5, 5.41) is 1.42. The van der Waals surface area contributed by atoms with Gasteiger partial charge in [0.1, 0.15) is 28.3 Å². The molecule has 0 radical (unpaired) electrons. The van der Waals surface area contributed by atoms with Gasteiger partial charge in [0.25, 0.3) is 5.24 Å². The van der Waals surface area contributed by atoms with Crippen molar-refractivity contribution in [2.45, 2.75) is 11.7 Å². The Hall–Kier alpha value is -4.24. The van der Waals surface area contributed by atoms with Crippen molar-refractivity contribution < 1.29 is 33.3 Å². The summed E-state index contributed by atoms with van der Waals surface area (Å²) in [4.78, 5) is 35.8. The molecular formula is C28H25NO7S. The highest BCUT2D eigenvalue weighted by atomic mass is 32.2. The quantitative estimate of drug-likeness (QED) is 0.298. The van der Waals surface area contributed by atoms with Gasteiger partial charge in [-0.1, -0.05) is 24.3 Å². The highest BCUT2D eigenvalue weighted by Crippen LogP contribution is 2.30. The Bertz CT molecular complexity index is 1330. The van der Waals surface area contributed by atoms with Gasteiger partial charge in [-0.3, -0.25) is 14.9 Å². The van der Waals surface area contributed by atoms with Gasteiger partial charge in [-0.05, 0) is 77.4 Å². The first kappa shape index (κ1) is 25.8. The number of benzene rings is 2. The van der Waals surface area contributed by atoms with E-state index < -0.39 is 11.2 Å². The number of nitrogens with one attached hydrogen (secondary N) is 1. The van der Waals surface area contributed by atoms with Crippen LogP contribution in [0.4, 0.5) is 4.79 Å². The molecule has 0 aromatic heterocycles. The van der Waals surface area contributed by atoms with E-state index in [9.17, 15) is 14.4 Å². The molecule has 2 aromatic carbocycles. The summed E-state index contributed by atoms with van der Waals surface area (Å²) in [6.45, 7) is 0. The van der Waals surface area contributed by atoms with Gasteiger partial charge in [0.2, 0.25) is 5.91 Å². The molecule has 1 fully saturated rings. The summed E-state index contributed by atoms with van der Waals surface area (Å²) in [6, 6.07) is 12.5. The average molecular weight is 520 g/mol. The molecule has 1 heterocycles. The summed E-state index contributed by atoms with van der Waals surface area (Å²) in [6.07, 6.45) is 9.56. The highest BCUT2D eigenvalue weighted by Gasteiger charge is 2.30. The summed E-state index contributed by atoms with van der Waals surface area (Å²) < 4.78 is 21.7. The Balaban J connectivity index is 1.54. The average Bonchev–Trinajstić information content (AvgIpc) is 3.23. The lowest BCUT2D eigenvalue weighted by atomic mass is 10.0. The first-order chi connectivity index (χ1) is 17.9. The Morgan fingerprint density at radius 1 is 1.00 bits per heavy atom. The van der Waals surface area contributed by atoms with Crippen molar-refractivity contribution in [3.05, 3.63) is 89.2 Å². The van der Waals surface area contributed by atoms with E-state index in [-0.39, 0.29) is 11.1 Å². The van der Waals surface area contributed by atoms with Crippen LogP contribution >= 0.6 is 11.8 Å². The van der Waals surface area contributed by atoms with Crippen LogP contribution in [0.3, 0.4) is 0 Å². The number of rotatable bonds is 8. The molecule has 1 aliphatic carbocycles. The number of imide groups is 1. The maximum atomic E-state index is 12.7. The van der Waals surface area contributed by atoms with Crippen LogP contribution in [0, 0.1) is 0 Å².